The molecular formula is C15H20N4O2. The predicted octanol–water partition coefficient (Wildman–Crippen LogP) is 1.33. The molecule has 0 saturated carbocycles. The van der Waals surface area contributed by atoms with Crippen LogP contribution in [0.25, 0.3) is 5.82 Å². The van der Waals surface area contributed by atoms with Crippen molar-refractivity contribution in [3.63, 3.8) is 0 Å². The SMILES string of the molecule is CCc1c(C(=O)NC(C)CCO)cnn1-c1ccccn1. The van der Waals surface area contributed by atoms with Gasteiger partial charge in [0.25, 0.3) is 5.91 Å². The normalized spacial score (nSPS) is 12.1. The zero-order valence-electron chi connectivity index (χ0n) is 12.3. The third-order valence-corrected chi connectivity index (χ3v) is 3.25. The summed E-state index contributed by atoms with van der Waals surface area (Å²) in [6.45, 7) is 3.89. The summed E-state index contributed by atoms with van der Waals surface area (Å²) >= 11 is 0. The number of aliphatic hydroxyl groups excluding tert-OH is 1. The Bertz CT molecular complexity index is 595. The van der Waals surface area contributed by atoms with Gasteiger partial charge in [0, 0.05) is 18.8 Å². The maximum absolute atomic E-state index is 12.3. The Kier molecular flexibility index (Phi) is 5.05. The number of aliphatic hydroxyl groups is 1. The molecule has 0 fully saturated rings. The van der Waals surface area contributed by atoms with Gasteiger partial charge >= 0.3 is 0 Å². The summed E-state index contributed by atoms with van der Waals surface area (Å²) in [5, 5.41) is 16.0. The lowest BCUT2D eigenvalue weighted by Gasteiger charge is -2.12. The summed E-state index contributed by atoms with van der Waals surface area (Å²) in [5.41, 5.74) is 1.37. The number of hydrogen-bond acceptors (Lipinski definition) is 4. The highest BCUT2D eigenvalue weighted by atomic mass is 16.3. The molecule has 0 aromatic carbocycles. The molecule has 0 aliphatic carbocycles. The minimum atomic E-state index is -0.171. The number of pyridine rings is 1. The van der Waals surface area contributed by atoms with Crippen molar-refractivity contribution in [2.24, 2.45) is 0 Å². The van der Waals surface area contributed by atoms with Crippen LogP contribution in [0.2, 0.25) is 0 Å². The first-order valence-electron chi connectivity index (χ1n) is 7.07. The zero-order valence-corrected chi connectivity index (χ0v) is 12.3. The monoisotopic (exact) mass is 288 g/mol. The van der Waals surface area contributed by atoms with Gasteiger partial charge in [0.05, 0.1) is 17.5 Å². The number of carbonyl (C=O) groups is 1. The van der Waals surface area contributed by atoms with E-state index in [1.54, 1.807) is 17.1 Å². The topological polar surface area (TPSA) is 80.0 Å². The van der Waals surface area contributed by atoms with Crippen LogP contribution in [0.1, 0.15) is 36.3 Å². The molecule has 2 heterocycles. The summed E-state index contributed by atoms with van der Waals surface area (Å²) in [4.78, 5) is 16.5. The first-order chi connectivity index (χ1) is 10.2. The second-order valence-corrected chi connectivity index (χ2v) is 4.85. The molecule has 0 saturated heterocycles. The van der Waals surface area contributed by atoms with E-state index in [0.717, 1.165) is 5.69 Å². The molecule has 0 radical (unpaired) electrons. The molecule has 6 heteroatoms. The van der Waals surface area contributed by atoms with Crippen LogP contribution in [0.5, 0.6) is 0 Å². The van der Waals surface area contributed by atoms with Crippen molar-refractivity contribution in [1.82, 2.24) is 20.1 Å². The molecule has 0 aliphatic rings. The molecule has 0 bridgehead atoms. The van der Waals surface area contributed by atoms with E-state index in [2.05, 4.69) is 15.4 Å². The fourth-order valence-corrected chi connectivity index (χ4v) is 2.15. The number of carbonyl (C=O) groups excluding carboxylic acids is 1. The van der Waals surface area contributed by atoms with Crippen LogP contribution in [-0.4, -0.2) is 38.4 Å². The van der Waals surface area contributed by atoms with E-state index >= 15 is 0 Å². The Labute approximate surface area is 123 Å². The Morgan fingerprint density at radius 3 is 2.90 bits per heavy atom. The average Bonchev–Trinajstić information content (AvgIpc) is 2.92. The van der Waals surface area contributed by atoms with Crippen molar-refractivity contribution in [2.45, 2.75) is 32.7 Å². The maximum Gasteiger partial charge on any atom is 0.254 e. The summed E-state index contributed by atoms with van der Waals surface area (Å²) in [7, 11) is 0. The van der Waals surface area contributed by atoms with Crippen LogP contribution < -0.4 is 5.32 Å². The summed E-state index contributed by atoms with van der Waals surface area (Å²) in [5.74, 6) is 0.520. The summed E-state index contributed by atoms with van der Waals surface area (Å²) in [6, 6.07) is 5.49. The van der Waals surface area contributed by atoms with Crippen LogP contribution in [0.4, 0.5) is 0 Å². The van der Waals surface area contributed by atoms with Crippen LogP contribution in [0.15, 0.2) is 30.6 Å². The molecule has 2 aromatic rings. The molecule has 112 valence electrons. The third-order valence-electron chi connectivity index (χ3n) is 3.25. The van der Waals surface area contributed by atoms with Crippen molar-refractivity contribution >= 4 is 5.91 Å². The van der Waals surface area contributed by atoms with Gasteiger partial charge in [-0.3, -0.25) is 4.79 Å². The minimum Gasteiger partial charge on any atom is -0.396 e. The molecule has 0 spiro atoms. The Hall–Kier alpha value is -2.21. The highest BCUT2D eigenvalue weighted by molar-refractivity contribution is 5.95. The molecule has 6 nitrogen and oxygen atoms in total. The first-order valence-corrected chi connectivity index (χ1v) is 7.07. The van der Waals surface area contributed by atoms with Gasteiger partial charge in [-0.25, -0.2) is 9.67 Å². The van der Waals surface area contributed by atoms with Crippen molar-refractivity contribution in [2.75, 3.05) is 6.61 Å². The van der Waals surface area contributed by atoms with Crippen molar-refractivity contribution < 1.29 is 9.90 Å². The van der Waals surface area contributed by atoms with E-state index in [0.29, 0.717) is 24.2 Å². The maximum atomic E-state index is 12.3. The lowest BCUT2D eigenvalue weighted by molar-refractivity contribution is 0.0933. The fourth-order valence-electron chi connectivity index (χ4n) is 2.15. The highest BCUT2D eigenvalue weighted by Crippen LogP contribution is 2.14. The van der Waals surface area contributed by atoms with Gasteiger partial charge < -0.3 is 10.4 Å². The van der Waals surface area contributed by atoms with E-state index in [9.17, 15) is 4.79 Å². The van der Waals surface area contributed by atoms with Gasteiger partial charge in [-0.15, -0.1) is 0 Å². The van der Waals surface area contributed by atoms with E-state index < -0.39 is 0 Å². The van der Waals surface area contributed by atoms with E-state index in [4.69, 9.17) is 5.11 Å². The van der Waals surface area contributed by atoms with Gasteiger partial charge in [0.1, 0.15) is 0 Å². The molecule has 2 aromatic heterocycles. The second kappa shape index (κ2) is 6.99. The summed E-state index contributed by atoms with van der Waals surface area (Å²) < 4.78 is 1.69. The smallest absolute Gasteiger partial charge is 0.254 e. The Balaban J connectivity index is 2.26. The predicted molar refractivity (Wildman–Crippen MR) is 79.4 cm³/mol. The lowest BCUT2D eigenvalue weighted by Crippen LogP contribution is -2.33. The number of aromatic nitrogens is 3. The van der Waals surface area contributed by atoms with Gasteiger partial charge in [0.15, 0.2) is 5.82 Å². The molecule has 1 atom stereocenters. The van der Waals surface area contributed by atoms with Gasteiger partial charge in [-0.05, 0) is 31.9 Å². The third kappa shape index (κ3) is 3.46. The summed E-state index contributed by atoms with van der Waals surface area (Å²) in [6.07, 6.45) is 4.46. The number of nitrogens with zero attached hydrogens (tertiary/aromatic N) is 3. The molecule has 1 unspecified atom stereocenters. The molecule has 21 heavy (non-hydrogen) atoms. The average molecular weight is 288 g/mol. The van der Waals surface area contributed by atoms with Crippen molar-refractivity contribution in [1.29, 1.82) is 0 Å². The first kappa shape index (κ1) is 15.2. The fraction of sp³-hybridized carbons (Fsp3) is 0.400. The second-order valence-electron chi connectivity index (χ2n) is 4.85. The standard InChI is InChI=1S/C15H20N4O2/c1-3-13-12(15(21)18-11(2)7-9-20)10-17-19(13)14-6-4-5-8-16-14/h4-6,8,10-11,20H,3,7,9H2,1-2H3,(H,18,21). The largest absolute Gasteiger partial charge is 0.396 e. The molecule has 0 aliphatic heterocycles. The Morgan fingerprint density at radius 2 is 2.29 bits per heavy atom. The number of amides is 1. The van der Waals surface area contributed by atoms with Crippen LogP contribution >= 0.6 is 0 Å². The van der Waals surface area contributed by atoms with Crippen molar-refractivity contribution in [3.05, 3.63) is 41.9 Å². The van der Waals surface area contributed by atoms with Crippen LogP contribution in [0.3, 0.4) is 0 Å². The van der Waals surface area contributed by atoms with Crippen LogP contribution in [0, 0.1) is 0 Å². The quantitative estimate of drug-likeness (QED) is 0.840. The lowest BCUT2D eigenvalue weighted by atomic mass is 10.1. The molecule has 1 amide bonds. The van der Waals surface area contributed by atoms with Gasteiger partial charge in [-0.1, -0.05) is 13.0 Å². The van der Waals surface area contributed by atoms with Crippen LogP contribution in [-0.2, 0) is 6.42 Å². The number of hydrogen-bond donors (Lipinski definition) is 2. The van der Waals surface area contributed by atoms with Gasteiger partial charge in [0.2, 0.25) is 0 Å². The highest BCUT2D eigenvalue weighted by Gasteiger charge is 2.18. The number of nitrogens with one attached hydrogen (secondary N) is 1. The zero-order chi connectivity index (χ0) is 15.2. The van der Waals surface area contributed by atoms with Crippen molar-refractivity contribution in [3.8, 4) is 5.82 Å². The molecule has 2 rings (SSSR count). The van der Waals surface area contributed by atoms with E-state index in [1.165, 1.54) is 0 Å². The Morgan fingerprint density at radius 1 is 1.48 bits per heavy atom. The molecular weight excluding hydrogens is 268 g/mol. The number of rotatable bonds is 6. The van der Waals surface area contributed by atoms with Gasteiger partial charge in [-0.2, -0.15) is 5.10 Å². The minimum absolute atomic E-state index is 0.0509. The van der Waals surface area contributed by atoms with E-state index in [1.807, 2.05) is 32.0 Å². The molecule has 2 N–H and O–H groups in total. The van der Waals surface area contributed by atoms with E-state index in [-0.39, 0.29) is 18.6 Å².